The van der Waals surface area contributed by atoms with Crippen LogP contribution in [0.2, 0.25) is 0 Å². The molecule has 156 valence electrons. The summed E-state index contributed by atoms with van der Waals surface area (Å²) in [6.07, 6.45) is 0. The van der Waals surface area contributed by atoms with Crippen LogP contribution in [-0.2, 0) is 14.8 Å². The number of hydrogen-bond acceptors (Lipinski definition) is 5. The molecule has 0 aliphatic heterocycles. The number of anilines is 1. The van der Waals surface area contributed by atoms with Gasteiger partial charge in [-0.25, -0.2) is 13.8 Å². The average Bonchev–Trinajstić information content (AvgIpc) is 3.28. The Morgan fingerprint density at radius 1 is 1.03 bits per heavy atom. The molecule has 3 rings (SSSR count). The molecule has 2 aromatic carbocycles. The Hall–Kier alpha value is -2.97. The van der Waals surface area contributed by atoms with Crippen LogP contribution in [0.1, 0.15) is 22.9 Å². The first-order chi connectivity index (χ1) is 14.3. The Labute approximate surface area is 180 Å². The first kappa shape index (κ1) is 21.7. The lowest BCUT2D eigenvalue weighted by atomic mass is 10.1. The summed E-state index contributed by atoms with van der Waals surface area (Å²) < 4.78 is 27.9. The van der Waals surface area contributed by atoms with Crippen LogP contribution in [-0.4, -0.2) is 26.6 Å². The molecule has 0 radical (unpaired) electrons. The van der Waals surface area contributed by atoms with E-state index in [0.717, 1.165) is 20.3 Å². The van der Waals surface area contributed by atoms with Gasteiger partial charge >= 0.3 is 0 Å². The maximum absolute atomic E-state index is 13.4. The van der Waals surface area contributed by atoms with Gasteiger partial charge in [-0.3, -0.25) is 9.10 Å². The number of benzene rings is 2. The number of hydrazone groups is 1. The monoisotopic (exact) mass is 441 g/mol. The summed E-state index contributed by atoms with van der Waals surface area (Å²) in [5, 5.41) is 6.04. The highest BCUT2D eigenvalue weighted by molar-refractivity contribution is 7.92. The van der Waals surface area contributed by atoms with Crippen molar-refractivity contribution in [3.8, 4) is 0 Å². The molecule has 0 fully saturated rings. The van der Waals surface area contributed by atoms with Gasteiger partial charge in [0.2, 0.25) is 0 Å². The number of hydrogen-bond donors (Lipinski definition) is 1. The summed E-state index contributed by atoms with van der Waals surface area (Å²) in [6, 6.07) is 17.3. The molecule has 1 aromatic heterocycles. The Morgan fingerprint density at radius 2 is 1.77 bits per heavy atom. The first-order valence-corrected chi connectivity index (χ1v) is 11.6. The van der Waals surface area contributed by atoms with Gasteiger partial charge in [0, 0.05) is 4.88 Å². The van der Waals surface area contributed by atoms with E-state index in [2.05, 4.69) is 10.5 Å². The SMILES string of the molecule is C/C(=N/NC(=O)CN(c1cccc(C)c1C)S(=O)(=O)c1ccccc1)c1cccs1. The molecule has 0 saturated heterocycles. The van der Waals surface area contributed by atoms with Crippen molar-refractivity contribution in [2.75, 3.05) is 10.8 Å². The van der Waals surface area contributed by atoms with Crippen molar-refractivity contribution in [2.24, 2.45) is 5.10 Å². The molecule has 3 aromatic rings. The van der Waals surface area contributed by atoms with Crippen molar-refractivity contribution in [1.29, 1.82) is 0 Å². The van der Waals surface area contributed by atoms with Crippen LogP contribution in [0.25, 0.3) is 0 Å². The Balaban J connectivity index is 1.93. The number of thiophene rings is 1. The smallest absolute Gasteiger partial charge is 0.264 e. The minimum absolute atomic E-state index is 0.122. The molecule has 1 amide bonds. The van der Waals surface area contributed by atoms with E-state index in [4.69, 9.17) is 0 Å². The van der Waals surface area contributed by atoms with Crippen molar-refractivity contribution >= 4 is 38.7 Å². The van der Waals surface area contributed by atoms with Gasteiger partial charge in [0.15, 0.2) is 0 Å². The zero-order valence-electron chi connectivity index (χ0n) is 17.0. The van der Waals surface area contributed by atoms with Gasteiger partial charge in [-0.2, -0.15) is 5.10 Å². The van der Waals surface area contributed by atoms with E-state index in [1.165, 1.54) is 23.5 Å². The third-order valence-corrected chi connectivity index (χ3v) is 7.44. The van der Waals surface area contributed by atoms with E-state index in [9.17, 15) is 13.2 Å². The largest absolute Gasteiger partial charge is 0.271 e. The molecule has 0 aliphatic rings. The van der Waals surface area contributed by atoms with E-state index in [-0.39, 0.29) is 11.4 Å². The molecule has 0 unspecified atom stereocenters. The van der Waals surface area contributed by atoms with Gasteiger partial charge in [-0.15, -0.1) is 11.3 Å². The van der Waals surface area contributed by atoms with Crippen LogP contribution < -0.4 is 9.73 Å². The fourth-order valence-electron chi connectivity index (χ4n) is 2.88. The maximum atomic E-state index is 13.4. The summed E-state index contributed by atoms with van der Waals surface area (Å²) in [7, 11) is -3.94. The summed E-state index contributed by atoms with van der Waals surface area (Å²) >= 11 is 1.51. The second-order valence-corrected chi connectivity index (χ2v) is 9.56. The van der Waals surface area contributed by atoms with Crippen LogP contribution in [0.3, 0.4) is 0 Å². The number of aryl methyl sites for hydroxylation is 1. The number of sulfonamides is 1. The van der Waals surface area contributed by atoms with Gasteiger partial charge in [-0.05, 0) is 61.5 Å². The molecule has 1 heterocycles. The van der Waals surface area contributed by atoms with Gasteiger partial charge in [0.25, 0.3) is 15.9 Å². The highest BCUT2D eigenvalue weighted by Gasteiger charge is 2.28. The quantitative estimate of drug-likeness (QED) is 0.443. The third-order valence-electron chi connectivity index (χ3n) is 4.69. The fourth-order valence-corrected chi connectivity index (χ4v) is 5.05. The van der Waals surface area contributed by atoms with Gasteiger partial charge in [-0.1, -0.05) is 36.4 Å². The van der Waals surface area contributed by atoms with Crippen molar-refractivity contribution < 1.29 is 13.2 Å². The van der Waals surface area contributed by atoms with E-state index >= 15 is 0 Å². The number of nitrogens with zero attached hydrogens (tertiary/aromatic N) is 2. The molecule has 6 nitrogen and oxygen atoms in total. The lowest BCUT2D eigenvalue weighted by molar-refractivity contribution is -0.119. The summed E-state index contributed by atoms with van der Waals surface area (Å²) in [4.78, 5) is 13.7. The molecular formula is C22H23N3O3S2. The first-order valence-electron chi connectivity index (χ1n) is 9.31. The minimum Gasteiger partial charge on any atom is -0.271 e. The summed E-state index contributed by atoms with van der Waals surface area (Å²) in [6.45, 7) is 5.15. The summed E-state index contributed by atoms with van der Waals surface area (Å²) in [5.41, 5.74) is 5.33. The van der Waals surface area contributed by atoms with E-state index in [1.54, 1.807) is 37.3 Å². The molecule has 0 spiro atoms. The zero-order valence-corrected chi connectivity index (χ0v) is 18.6. The standard InChI is InChI=1S/C22H23N3O3S2/c1-16-9-7-12-20(17(16)2)25(30(27,28)19-10-5-4-6-11-19)15-22(26)24-23-18(3)21-13-8-14-29-21/h4-14H,15H2,1-3H3,(H,24,26)/b23-18-. The highest BCUT2D eigenvalue weighted by Crippen LogP contribution is 2.28. The zero-order chi connectivity index (χ0) is 21.7. The van der Waals surface area contributed by atoms with Gasteiger partial charge in [0.1, 0.15) is 6.54 Å². The van der Waals surface area contributed by atoms with Crippen LogP contribution in [0.4, 0.5) is 5.69 Å². The normalized spacial score (nSPS) is 11.9. The molecule has 8 heteroatoms. The van der Waals surface area contributed by atoms with E-state index in [0.29, 0.717) is 11.4 Å². The average molecular weight is 442 g/mol. The van der Waals surface area contributed by atoms with Crippen LogP contribution in [0.15, 0.2) is 76.0 Å². The highest BCUT2D eigenvalue weighted by atomic mass is 32.2. The van der Waals surface area contributed by atoms with E-state index < -0.39 is 15.9 Å². The molecule has 0 aliphatic carbocycles. The second kappa shape index (κ2) is 9.23. The van der Waals surface area contributed by atoms with Crippen molar-refractivity contribution in [2.45, 2.75) is 25.7 Å². The molecular weight excluding hydrogens is 418 g/mol. The van der Waals surface area contributed by atoms with Crippen molar-refractivity contribution in [1.82, 2.24) is 5.43 Å². The minimum atomic E-state index is -3.94. The fraction of sp³-hybridized carbons (Fsp3) is 0.182. The van der Waals surface area contributed by atoms with Gasteiger partial charge in [0.05, 0.1) is 16.3 Å². The van der Waals surface area contributed by atoms with E-state index in [1.807, 2.05) is 37.4 Å². The number of amides is 1. The Morgan fingerprint density at radius 3 is 2.43 bits per heavy atom. The predicted octanol–water partition coefficient (Wildman–Crippen LogP) is 4.10. The van der Waals surface area contributed by atoms with Crippen molar-refractivity contribution in [3.63, 3.8) is 0 Å². The van der Waals surface area contributed by atoms with Crippen LogP contribution >= 0.6 is 11.3 Å². The number of carbonyl (C=O) groups excluding carboxylic acids is 1. The predicted molar refractivity (Wildman–Crippen MR) is 122 cm³/mol. The lowest BCUT2D eigenvalue weighted by Gasteiger charge is -2.26. The number of nitrogens with one attached hydrogen (secondary N) is 1. The summed E-state index contributed by atoms with van der Waals surface area (Å²) in [5.74, 6) is -0.522. The molecule has 0 atom stereocenters. The van der Waals surface area contributed by atoms with Crippen LogP contribution in [0, 0.1) is 13.8 Å². The maximum Gasteiger partial charge on any atom is 0.264 e. The topological polar surface area (TPSA) is 78.8 Å². The lowest BCUT2D eigenvalue weighted by Crippen LogP contribution is -2.40. The number of carbonyl (C=O) groups is 1. The molecule has 0 bridgehead atoms. The van der Waals surface area contributed by atoms with Gasteiger partial charge < -0.3 is 0 Å². The second-order valence-electron chi connectivity index (χ2n) is 6.75. The molecule has 0 saturated carbocycles. The van der Waals surface area contributed by atoms with Crippen molar-refractivity contribution in [3.05, 3.63) is 82.0 Å². The Bertz CT molecular complexity index is 1160. The third kappa shape index (κ3) is 4.77. The number of rotatable bonds is 7. The van der Waals surface area contributed by atoms with Crippen LogP contribution in [0.5, 0.6) is 0 Å². The Kier molecular flexibility index (Phi) is 6.69. The molecule has 30 heavy (non-hydrogen) atoms. The molecule has 1 N–H and O–H groups in total.